The number of hydrogen-bond donors (Lipinski definition) is 1. The molecule has 0 unspecified atom stereocenters. The van der Waals surface area contributed by atoms with Gasteiger partial charge in [-0.1, -0.05) is 41.3 Å². The molecule has 9 heteroatoms. The molecule has 0 bridgehead atoms. The van der Waals surface area contributed by atoms with E-state index in [1.807, 2.05) is 37.4 Å². The van der Waals surface area contributed by atoms with Gasteiger partial charge >= 0.3 is 0 Å². The van der Waals surface area contributed by atoms with Gasteiger partial charge in [-0.25, -0.2) is 0 Å². The van der Waals surface area contributed by atoms with Crippen molar-refractivity contribution in [3.8, 4) is 5.69 Å². The maximum absolute atomic E-state index is 4.10. The molecular formula is C11H11N7S2. The fourth-order valence-corrected chi connectivity index (χ4v) is 3.11. The molecule has 0 fully saturated rings. The first kappa shape index (κ1) is 13.0. The van der Waals surface area contributed by atoms with E-state index < -0.39 is 0 Å². The molecule has 0 radical (unpaired) electrons. The van der Waals surface area contributed by atoms with Gasteiger partial charge in [0.1, 0.15) is 5.01 Å². The van der Waals surface area contributed by atoms with Crippen molar-refractivity contribution >= 4 is 28.2 Å². The SMILES string of the molecule is CNc1nnc(CSc2nnnn2-c2ccccc2)s1. The molecule has 102 valence electrons. The number of tetrazole rings is 1. The summed E-state index contributed by atoms with van der Waals surface area (Å²) in [5, 5.41) is 25.3. The zero-order valence-corrected chi connectivity index (χ0v) is 12.2. The Morgan fingerprint density at radius 2 is 2.05 bits per heavy atom. The van der Waals surface area contributed by atoms with Crippen molar-refractivity contribution in [1.82, 2.24) is 30.4 Å². The summed E-state index contributed by atoms with van der Waals surface area (Å²) in [6.45, 7) is 0. The first-order valence-corrected chi connectivity index (χ1v) is 7.64. The number of nitrogens with zero attached hydrogens (tertiary/aromatic N) is 6. The Bertz CT molecular complexity index is 679. The number of aromatic nitrogens is 6. The lowest BCUT2D eigenvalue weighted by Crippen LogP contribution is -1.98. The molecule has 1 N–H and O–H groups in total. The van der Waals surface area contributed by atoms with Gasteiger partial charge in [0.2, 0.25) is 10.3 Å². The smallest absolute Gasteiger partial charge is 0.214 e. The van der Waals surface area contributed by atoms with Crippen molar-refractivity contribution in [2.24, 2.45) is 0 Å². The predicted molar refractivity (Wildman–Crippen MR) is 78.2 cm³/mol. The maximum Gasteiger partial charge on any atom is 0.214 e. The highest BCUT2D eigenvalue weighted by atomic mass is 32.2. The third-order valence-corrected chi connectivity index (χ3v) is 4.50. The van der Waals surface area contributed by atoms with Gasteiger partial charge in [0.25, 0.3) is 0 Å². The number of rotatable bonds is 5. The van der Waals surface area contributed by atoms with Crippen LogP contribution in [0.15, 0.2) is 35.5 Å². The molecule has 0 saturated carbocycles. The van der Waals surface area contributed by atoms with E-state index in [1.165, 1.54) is 23.1 Å². The Kier molecular flexibility index (Phi) is 3.88. The molecule has 0 spiro atoms. The number of para-hydroxylation sites is 1. The quantitative estimate of drug-likeness (QED) is 0.720. The fourth-order valence-electron chi connectivity index (χ4n) is 1.54. The van der Waals surface area contributed by atoms with Gasteiger partial charge in [0.05, 0.1) is 11.4 Å². The van der Waals surface area contributed by atoms with E-state index in [2.05, 4.69) is 31.0 Å². The molecule has 1 aromatic carbocycles. The van der Waals surface area contributed by atoms with Crippen LogP contribution in [0.5, 0.6) is 0 Å². The fraction of sp³-hybridized carbons (Fsp3) is 0.182. The summed E-state index contributed by atoms with van der Waals surface area (Å²) in [6, 6.07) is 9.79. The third kappa shape index (κ3) is 2.78. The molecule has 0 saturated heterocycles. The van der Waals surface area contributed by atoms with Crippen molar-refractivity contribution in [1.29, 1.82) is 0 Å². The number of benzene rings is 1. The summed E-state index contributed by atoms with van der Waals surface area (Å²) < 4.78 is 1.71. The zero-order chi connectivity index (χ0) is 13.8. The van der Waals surface area contributed by atoms with Crippen LogP contribution < -0.4 is 5.32 Å². The second kappa shape index (κ2) is 5.97. The highest BCUT2D eigenvalue weighted by Crippen LogP contribution is 2.25. The molecule has 0 aliphatic rings. The molecule has 0 amide bonds. The van der Waals surface area contributed by atoms with Gasteiger partial charge in [0.15, 0.2) is 0 Å². The second-order valence-corrected chi connectivity index (χ2v) is 5.75. The van der Waals surface area contributed by atoms with E-state index >= 15 is 0 Å². The molecule has 0 aliphatic carbocycles. The molecule has 3 rings (SSSR count). The van der Waals surface area contributed by atoms with Crippen molar-refractivity contribution in [2.75, 3.05) is 12.4 Å². The van der Waals surface area contributed by atoms with Crippen LogP contribution in [0.4, 0.5) is 5.13 Å². The van der Waals surface area contributed by atoms with Crippen LogP contribution in [-0.2, 0) is 5.75 Å². The minimum atomic E-state index is 0.687. The number of nitrogens with one attached hydrogen (secondary N) is 1. The molecule has 2 aromatic heterocycles. The minimum Gasteiger partial charge on any atom is -0.363 e. The topological polar surface area (TPSA) is 81.4 Å². The van der Waals surface area contributed by atoms with E-state index in [1.54, 1.807) is 4.68 Å². The van der Waals surface area contributed by atoms with Gasteiger partial charge in [0, 0.05) is 7.05 Å². The molecule has 7 nitrogen and oxygen atoms in total. The number of anilines is 1. The van der Waals surface area contributed by atoms with Crippen LogP contribution in [-0.4, -0.2) is 37.5 Å². The van der Waals surface area contributed by atoms with Crippen molar-refractivity contribution < 1.29 is 0 Å². The summed E-state index contributed by atoms with van der Waals surface area (Å²) in [6.07, 6.45) is 0. The lowest BCUT2D eigenvalue weighted by molar-refractivity contribution is 0.756. The summed E-state index contributed by atoms with van der Waals surface area (Å²) in [4.78, 5) is 0. The minimum absolute atomic E-state index is 0.687. The average molecular weight is 305 g/mol. The molecule has 3 aromatic rings. The Morgan fingerprint density at radius 3 is 2.80 bits per heavy atom. The molecule has 0 atom stereocenters. The maximum atomic E-state index is 4.10. The van der Waals surface area contributed by atoms with E-state index in [-0.39, 0.29) is 0 Å². The Hall–Kier alpha value is -2.00. The van der Waals surface area contributed by atoms with Crippen molar-refractivity contribution in [3.05, 3.63) is 35.3 Å². The van der Waals surface area contributed by atoms with Crippen molar-refractivity contribution in [3.63, 3.8) is 0 Å². The van der Waals surface area contributed by atoms with E-state index in [9.17, 15) is 0 Å². The monoisotopic (exact) mass is 305 g/mol. The van der Waals surface area contributed by atoms with Gasteiger partial charge < -0.3 is 5.32 Å². The lowest BCUT2D eigenvalue weighted by Gasteiger charge is -2.02. The third-order valence-electron chi connectivity index (χ3n) is 2.45. The summed E-state index contributed by atoms with van der Waals surface area (Å²) in [5.74, 6) is 0.687. The first-order chi connectivity index (χ1) is 9.86. The highest BCUT2D eigenvalue weighted by Gasteiger charge is 2.10. The summed E-state index contributed by atoms with van der Waals surface area (Å²) in [5.41, 5.74) is 0.938. The van der Waals surface area contributed by atoms with Gasteiger partial charge in [-0.15, -0.1) is 15.3 Å². The Labute approximate surface area is 123 Å². The van der Waals surface area contributed by atoms with Gasteiger partial charge in [-0.3, -0.25) is 0 Å². The largest absolute Gasteiger partial charge is 0.363 e. The number of hydrogen-bond acceptors (Lipinski definition) is 8. The predicted octanol–water partition coefficient (Wildman–Crippen LogP) is 1.85. The lowest BCUT2D eigenvalue weighted by atomic mass is 10.3. The van der Waals surface area contributed by atoms with Gasteiger partial charge in [-0.2, -0.15) is 4.68 Å². The van der Waals surface area contributed by atoms with Crippen molar-refractivity contribution in [2.45, 2.75) is 10.9 Å². The zero-order valence-electron chi connectivity index (χ0n) is 10.6. The van der Waals surface area contributed by atoms with E-state index in [0.29, 0.717) is 5.75 Å². The first-order valence-electron chi connectivity index (χ1n) is 5.83. The molecular weight excluding hydrogens is 294 g/mol. The van der Waals surface area contributed by atoms with Gasteiger partial charge in [-0.05, 0) is 22.6 Å². The molecule has 20 heavy (non-hydrogen) atoms. The summed E-state index contributed by atoms with van der Waals surface area (Å²) >= 11 is 3.06. The van der Waals surface area contributed by atoms with Crippen LogP contribution in [0.1, 0.15) is 5.01 Å². The summed E-state index contributed by atoms with van der Waals surface area (Å²) in [7, 11) is 1.83. The average Bonchev–Trinajstić information content (AvgIpc) is 3.15. The van der Waals surface area contributed by atoms with Crippen LogP contribution in [0, 0.1) is 0 Å². The van der Waals surface area contributed by atoms with Crippen LogP contribution in [0.25, 0.3) is 5.69 Å². The highest BCUT2D eigenvalue weighted by molar-refractivity contribution is 7.98. The van der Waals surface area contributed by atoms with Crippen LogP contribution in [0.3, 0.4) is 0 Å². The Balaban J connectivity index is 1.74. The standard InChI is InChI=1S/C11H11N7S2/c1-12-10-14-13-9(20-10)7-19-11-15-16-17-18(11)8-5-3-2-4-6-8/h2-6H,7H2,1H3,(H,12,14). The normalized spacial score (nSPS) is 10.7. The second-order valence-electron chi connectivity index (χ2n) is 3.75. The van der Waals surface area contributed by atoms with Crippen LogP contribution in [0.2, 0.25) is 0 Å². The Morgan fingerprint density at radius 1 is 1.20 bits per heavy atom. The number of thioether (sulfide) groups is 1. The van der Waals surface area contributed by atoms with E-state index in [0.717, 1.165) is 21.0 Å². The van der Waals surface area contributed by atoms with Crippen LogP contribution >= 0.6 is 23.1 Å². The van der Waals surface area contributed by atoms with E-state index in [4.69, 9.17) is 0 Å². The molecule has 2 heterocycles. The molecule has 0 aliphatic heterocycles.